The topological polar surface area (TPSA) is 104 Å². The fourth-order valence-corrected chi connectivity index (χ4v) is 3.55. The van der Waals surface area contributed by atoms with Gasteiger partial charge in [0.2, 0.25) is 11.9 Å². The lowest BCUT2D eigenvalue weighted by Crippen LogP contribution is -2.31. The molecule has 1 aliphatic heterocycles. The molecule has 2 heterocycles. The average molecular weight is 408 g/mol. The van der Waals surface area contributed by atoms with Gasteiger partial charge in [-0.25, -0.2) is 4.68 Å². The molecule has 132 valence electrons. The number of carbonyl (C=O) groups excluding carboxylic acids is 1. The summed E-state index contributed by atoms with van der Waals surface area (Å²) in [6.45, 7) is 4.15. The first-order valence-electron chi connectivity index (χ1n) is 7.65. The van der Waals surface area contributed by atoms with Crippen molar-refractivity contribution in [2.45, 2.75) is 19.9 Å². The maximum absolute atomic E-state index is 12.1. The van der Waals surface area contributed by atoms with Gasteiger partial charge in [-0.2, -0.15) is 10.1 Å². The molecule has 1 unspecified atom stereocenters. The molecular weight excluding hydrogens is 390 g/mol. The van der Waals surface area contributed by atoms with E-state index in [0.29, 0.717) is 39.8 Å². The van der Waals surface area contributed by atoms with Crippen LogP contribution in [-0.4, -0.2) is 34.4 Å². The number of benzene rings is 1. The number of methoxy groups -OCH3 is 1. The smallest absolute Gasteiger partial charge is 0.248 e. The highest BCUT2D eigenvalue weighted by atomic mass is 79.9. The molecule has 9 heteroatoms. The Morgan fingerprint density at radius 1 is 1.48 bits per heavy atom. The Kier molecular flexibility index (Phi) is 4.67. The summed E-state index contributed by atoms with van der Waals surface area (Å²) in [7, 11) is 1.57. The summed E-state index contributed by atoms with van der Waals surface area (Å²) in [5, 5.41) is 7.29. The van der Waals surface area contributed by atoms with E-state index in [-0.39, 0.29) is 0 Å². The molecule has 3 rings (SSSR count). The van der Waals surface area contributed by atoms with Crippen LogP contribution in [0.15, 0.2) is 34.2 Å². The van der Waals surface area contributed by atoms with Crippen molar-refractivity contribution in [3.63, 3.8) is 0 Å². The Morgan fingerprint density at radius 3 is 2.88 bits per heavy atom. The molecule has 2 aromatic rings. The van der Waals surface area contributed by atoms with Gasteiger partial charge in [0.25, 0.3) is 0 Å². The van der Waals surface area contributed by atoms with E-state index in [9.17, 15) is 4.79 Å². The fourth-order valence-electron chi connectivity index (χ4n) is 2.93. The van der Waals surface area contributed by atoms with Crippen LogP contribution < -0.4 is 20.5 Å². The number of nitrogens with two attached hydrogens (primary N) is 1. The number of allylic oxidation sites excluding steroid dienone is 1. The van der Waals surface area contributed by atoms with Crippen molar-refractivity contribution in [3.8, 4) is 11.5 Å². The number of fused-ring (bicyclic) bond motifs is 1. The second-order valence-electron chi connectivity index (χ2n) is 5.43. The molecule has 0 aliphatic carbocycles. The van der Waals surface area contributed by atoms with E-state index in [1.165, 1.54) is 6.33 Å². The summed E-state index contributed by atoms with van der Waals surface area (Å²) in [6.07, 6.45) is 1.43. The maximum Gasteiger partial charge on any atom is 0.248 e. The first-order valence-corrected chi connectivity index (χ1v) is 8.44. The molecule has 0 fully saturated rings. The van der Waals surface area contributed by atoms with Gasteiger partial charge in [-0.15, -0.1) is 0 Å². The Balaban J connectivity index is 2.22. The normalized spacial score (nSPS) is 16.2. The van der Waals surface area contributed by atoms with Crippen molar-refractivity contribution >= 4 is 27.8 Å². The van der Waals surface area contributed by atoms with Gasteiger partial charge in [0, 0.05) is 5.70 Å². The Labute approximate surface area is 153 Å². The van der Waals surface area contributed by atoms with Gasteiger partial charge in [-0.05, 0) is 47.5 Å². The van der Waals surface area contributed by atoms with Gasteiger partial charge in [0.15, 0.2) is 11.5 Å². The zero-order chi connectivity index (χ0) is 18.1. The van der Waals surface area contributed by atoms with E-state index >= 15 is 0 Å². The lowest BCUT2D eigenvalue weighted by molar-refractivity contribution is -0.115. The van der Waals surface area contributed by atoms with Gasteiger partial charge < -0.3 is 20.5 Å². The molecule has 1 aliphatic rings. The third kappa shape index (κ3) is 2.95. The van der Waals surface area contributed by atoms with Crippen molar-refractivity contribution in [2.75, 3.05) is 19.0 Å². The number of hydrogen-bond acceptors (Lipinski definition) is 6. The van der Waals surface area contributed by atoms with Crippen LogP contribution in [0, 0.1) is 0 Å². The molecule has 1 amide bonds. The van der Waals surface area contributed by atoms with E-state index in [1.807, 2.05) is 19.1 Å². The van der Waals surface area contributed by atoms with Gasteiger partial charge in [-0.1, -0.05) is 0 Å². The number of hydrogen-bond donors (Lipinski definition) is 2. The largest absolute Gasteiger partial charge is 0.492 e. The number of anilines is 1. The molecule has 1 aromatic heterocycles. The van der Waals surface area contributed by atoms with Crippen LogP contribution in [0.4, 0.5) is 5.95 Å². The van der Waals surface area contributed by atoms with Crippen LogP contribution in [0.3, 0.4) is 0 Å². The fraction of sp³-hybridized carbons (Fsp3) is 0.312. The Hall–Kier alpha value is -2.55. The molecule has 1 atom stereocenters. The molecule has 0 saturated heterocycles. The monoisotopic (exact) mass is 407 g/mol. The van der Waals surface area contributed by atoms with E-state index in [2.05, 4.69) is 31.3 Å². The van der Waals surface area contributed by atoms with Gasteiger partial charge in [-0.3, -0.25) is 4.79 Å². The summed E-state index contributed by atoms with van der Waals surface area (Å²) in [5.74, 6) is 1.16. The zero-order valence-electron chi connectivity index (χ0n) is 14.0. The summed E-state index contributed by atoms with van der Waals surface area (Å²) in [5.41, 5.74) is 7.47. The third-order valence-corrected chi connectivity index (χ3v) is 4.50. The van der Waals surface area contributed by atoms with Crippen LogP contribution in [0.1, 0.15) is 25.5 Å². The second-order valence-corrected chi connectivity index (χ2v) is 6.28. The first-order chi connectivity index (χ1) is 12.0. The minimum Gasteiger partial charge on any atom is -0.492 e. The molecule has 0 saturated carbocycles. The standard InChI is InChI=1S/C16H18BrN5O3/c1-4-25-11-6-9(5-10(17)14(11)24-3)13-12(15(18)23)8(2)21-16-19-7-20-22(13)16/h5-7,13H,4H2,1-3H3,(H2,18,23)(H,19,20,21). The van der Waals surface area contributed by atoms with Gasteiger partial charge >= 0.3 is 0 Å². The summed E-state index contributed by atoms with van der Waals surface area (Å²) in [4.78, 5) is 16.3. The number of ether oxygens (including phenoxy) is 2. The Morgan fingerprint density at radius 2 is 2.24 bits per heavy atom. The first kappa shape index (κ1) is 17.3. The van der Waals surface area contributed by atoms with Crippen LogP contribution in [0.25, 0.3) is 0 Å². The van der Waals surface area contributed by atoms with Crippen molar-refractivity contribution in [1.82, 2.24) is 14.8 Å². The van der Waals surface area contributed by atoms with Gasteiger partial charge in [0.05, 0.1) is 23.8 Å². The number of nitrogens with one attached hydrogen (secondary N) is 1. The Bertz CT molecular complexity index is 861. The highest BCUT2D eigenvalue weighted by Gasteiger charge is 2.33. The van der Waals surface area contributed by atoms with Gasteiger partial charge in [0.1, 0.15) is 12.4 Å². The molecular formula is C16H18BrN5O3. The van der Waals surface area contributed by atoms with E-state index < -0.39 is 11.9 Å². The van der Waals surface area contributed by atoms with Crippen LogP contribution in [-0.2, 0) is 4.79 Å². The minimum absolute atomic E-state index is 0.414. The van der Waals surface area contributed by atoms with Crippen molar-refractivity contribution in [3.05, 3.63) is 39.8 Å². The number of rotatable bonds is 5. The van der Waals surface area contributed by atoms with Crippen LogP contribution >= 0.6 is 15.9 Å². The van der Waals surface area contributed by atoms with E-state index in [4.69, 9.17) is 15.2 Å². The summed E-state index contributed by atoms with van der Waals surface area (Å²) in [6, 6.07) is 3.17. The molecule has 8 nitrogen and oxygen atoms in total. The average Bonchev–Trinajstić information content (AvgIpc) is 3.01. The summed E-state index contributed by atoms with van der Waals surface area (Å²) >= 11 is 3.50. The minimum atomic E-state index is -0.527. The number of halogens is 1. The maximum atomic E-state index is 12.1. The highest BCUT2D eigenvalue weighted by molar-refractivity contribution is 9.10. The number of aromatic nitrogens is 3. The lowest BCUT2D eigenvalue weighted by Gasteiger charge is -2.28. The molecule has 0 radical (unpaired) electrons. The predicted molar refractivity (Wildman–Crippen MR) is 95.5 cm³/mol. The molecule has 1 aromatic carbocycles. The number of nitrogens with zero attached hydrogens (tertiary/aromatic N) is 3. The van der Waals surface area contributed by atoms with E-state index in [0.717, 1.165) is 5.56 Å². The van der Waals surface area contributed by atoms with Crippen molar-refractivity contribution < 1.29 is 14.3 Å². The summed E-state index contributed by atoms with van der Waals surface area (Å²) < 4.78 is 13.4. The van der Waals surface area contributed by atoms with Crippen LogP contribution in [0.5, 0.6) is 11.5 Å². The zero-order valence-corrected chi connectivity index (χ0v) is 15.6. The van der Waals surface area contributed by atoms with Crippen LogP contribution in [0.2, 0.25) is 0 Å². The molecule has 25 heavy (non-hydrogen) atoms. The highest BCUT2D eigenvalue weighted by Crippen LogP contribution is 2.42. The third-order valence-electron chi connectivity index (χ3n) is 3.91. The lowest BCUT2D eigenvalue weighted by atomic mass is 9.95. The molecule has 0 spiro atoms. The van der Waals surface area contributed by atoms with E-state index in [1.54, 1.807) is 18.7 Å². The number of primary amides is 1. The van der Waals surface area contributed by atoms with Crippen molar-refractivity contribution in [1.29, 1.82) is 0 Å². The molecule has 0 bridgehead atoms. The van der Waals surface area contributed by atoms with Crippen molar-refractivity contribution in [2.24, 2.45) is 5.73 Å². The number of amides is 1. The quantitative estimate of drug-likeness (QED) is 0.787. The molecule has 3 N–H and O–H groups in total. The number of carbonyl (C=O) groups is 1. The SMILES string of the molecule is CCOc1cc(C2C(C(N)=O)=C(C)Nc3ncnn32)cc(Br)c1OC. The second kappa shape index (κ2) is 6.75. The predicted octanol–water partition coefficient (Wildman–Crippen LogP) is 2.22.